The van der Waals surface area contributed by atoms with E-state index in [2.05, 4.69) is 83.6 Å². The van der Waals surface area contributed by atoms with Crippen molar-refractivity contribution in [1.82, 2.24) is 0 Å². The van der Waals surface area contributed by atoms with Crippen LogP contribution < -0.4 is 9.30 Å². The van der Waals surface area contributed by atoms with Crippen molar-refractivity contribution in [2.24, 2.45) is 0 Å². The Morgan fingerprint density at radius 2 is 1.62 bits per heavy atom. The number of pyridine rings is 1. The summed E-state index contributed by atoms with van der Waals surface area (Å²) in [6.07, 6.45) is 5.78. The summed E-state index contributed by atoms with van der Waals surface area (Å²) in [5, 5.41) is 1.28. The van der Waals surface area contributed by atoms with Gasteiger partial charge in [0, 0.05) is 22.8 Å². The highest BCUT2D eigenvalue weighted by Gasteiger charge is 2.12. The Morgan fingerprint density at radius 3 is 2.48 bits per heavy atom. The molecular formula is C26H26NOS+. The van der Waals surface area contributed by atoms with Crippen molar-refractivity contribution >= 4 is 22.7 Å². The fraction of sp³-hybridized carbons (Fsp3) is 0.192. The van der Waals surface area contributed by atoms with E-state index in [1.54, 1.807) is 18.9 Å². The second-order valence-electron chi connectivity index (χ2n) is 7.15. The predicted molar refractivity (Wildman–Crippen MR) is 121 cm³/mol. The summed E-state index contributed by atoms with van der Waals surface area (Å²) >= 11 is 1.78. The minimum atomic E-state index is 0.893. The molecule has 0 atom stereocenters. The van der Waals surface area contributed by atoms with Crippen LogP contribution in [0.15, 0.2) is 101 Å². The fourth-order valence-electron chi connectivity index (χ4n) is 3.58. The van der Waals surface area contributed by atoms with Gasteiger partial charge in [-0.2, -0.15) is 4.57 Å². The van der Waals surface area contributed by atoms with Gasteiger partial charge in [-0.05, 0) is 48.7 Å². The van der Waals surface area contributed by atoms with Crippen LogP contribution in [0.3, 0.4) is 0 Å². The molecule has 0 bridgehead atoms. The van der Waals surface area contributed by atoms with Crippen LogP contribution in [0.25, 0.3) is 10.9 Å². The maximum atomic E-state index is 5.37. The average Bonchev–Trinajstić information content (AvgIpc) is 2.77. The molecule has 4 aromatic rings. The van der Waals surface area contributed by atoms with E-state index in [1.165, 1.54) is 32.7 Å². The quantitative estimate of drug-likeness (QED) is 0.254. The minimum absolute atomic E-state index is 0.893. The second kappa shape index (κ2) is 9.62. The van der Waals surface area contributed by atoms with E-state index in [1.807, 2.05) is 12.1 Å². The topological polar surface area (TPSA) is 13.1 Å². The van der Waals surface area contributed by atoms with Gasteiger partial charge in [-0.3, -0.25) is 0 Å². The summed E-state index contributed by atoms with van der Waals surface area (Å²) in [5.41, 5.74) is 2.71. The number of aromatic nitrogens is 1. The maximum absolute atomic E-state index is 5.37. The van der Waals surface area contributed by atoms with E-state index in [0.717, 1.165) is 25.1 Å². The third-order valence-electron chi connectivity index (χ3n) is 5.06. The highest BCUT2D eigenvalue weighted by Crippen LogP contribution is 2.30. The molecular weight excluding hydrogens is 374 g/mol. The summed E-state index contributed by atoms with van der Waals surface area (Å²) < 4.78 is 7.78. The molecule has 1 aromatic heterocycles. The highest BCUT2D eigenvalue weighted by molar-refractivity contribution is 7.99. The SMILES string of the molecule is COc1cccc(Sc2cc3ccccc3[n+](CCCCc3ccccc3)c2)c1. The smallest absolute Gasteiger partial charge is 0.212 e. The van der Waals surface area contributed by atoms with Crippen molar-refractivity contribution in [1.29, 1.82) is 0 Å². The second-order valence-corrected chi connectivity index (χ2v) is 8.30. The van der Waals surface area contributed by atoms with E-state index >= 15 is 0 Å². The standard InChI is InChI=1S/C26H26NOS/c1-28-23-14-9-15-24(19-23)29-25-18-22-13-5-6-16-26(22)27(20-25)17-8-7-12-21-10-3-2-4-11-21/h2-6,9-11,13-16,18-20H,7-8,12,17H2,1H3/q+1. The summed E-state index contributed by atoms with van der Waals surface area (Å²) in [4.78, 5) is 2.44. The number of aryl methyl sites for hydroxylation is 2. The van der Waals surface area contributed by atoms with Crippen LogP contribution in [0.1, 0.15) is 18.4 Å². The number of unbranched alkanes of at least 4 members (excludes halogenated alkanes) is 1. The lowest BCUT2D eigenvalue weighted by Crippen LogP contribution is -2.34. The molecule has 0 aliphatic carbocycles. The van der Waals surface area contributed by atoms with Crippen LogP contribution >= 0.6 is 11.8 Å². The maximum Gasteiger partial charge on any atom is 0.212 e. The van der Waals surface area contributed by atoms with Crippen molar-refractivity contribution < 1.29 is 9.30 Å². The number of methoxy groups -OCH3 is 1. The monoisotopic (exact) mass is 400 g/mol. The molecule has 1 heterocycles. The number of hydrogen-bond donors (Lipinski definition) is 0. The van der Waals surface area contributed by atoms with Gasteiger partial charge in [0.25, 0.3) is 0 Å². The zero-order valence-corrected chi connectivity index (χ0v) is 17.6. The third kappa shape index (κ3) is 5.18. The normalized spacial score (nSPS) is 10.9. The Kier molecular flexibility index (Phi) is 6.48. The first-order valence-electron chi connectivity index (χ1n) is 10.1. The van der Waals surface area contributed by atoms with E-state index in [0.29, 0.717) is 0 Å². The van der Waals surface area contributed by atoms with Crippen LogP contribution in [0, 0.1) is 0 Å². The molecule has 29 heavy (non-hydrogen) atoms. The predicted octanol–water partition coefficient (Wildman–Crippen LogP) is 6.31. The van der Waals surface area contributed by atoms with E-state index < -0.39 is 0 Å². The molecule has 0 unspecified atom stereocenters. The Balaban J connectivity index is 1.51. The Morgan fingerprint density at radius 1 is 0.793 bits per heavy atom. The number of fused-ring (bicyclic) bond motifs is 1. The molecule has 4 rings (SSSR count). The summed E-state index contributed by atoms with van der Waals surface area (Å²) in [7, 11) is 1.71. The Bertz CT molecular complexity index is 1080. The van der Waals surface area contributed by atoms with Crippen LogP contribution in [-0.4, -0.2) is 7.11 Å². The largest absolute Gasteiger partial charge is 0.497 e. The Hall–Kier alpha value is -2.78. The first-order valence-corrected chi connectivity index (χ1v) is 10.9. The highest BCUT2D eigenvalue weighted by atomic mass is 32.2. The van der Waals surface area contributed by atoms with Crippen LogP contribution in [0.2, 0.25) is 0 Å². The molecule has 0 radical (unpaired) electrons. The van der Waals surface area contributed by atoms with Gasteiger partial charge in [0.05, 0.1) is 12.0 Å². The van der Waals surface area contributed by atoms with Crippen LogP contribution in [0.4, 0.5) is 0 Å². The van der Waals surface area contributed by atoms with Crippen molar-refractivity contribution in [3.05, 3.63) is 96.7 Å². The molecule has 3 heteroatoms. The van der Waals surface area contributed by atoms with E-state index in [9.17, 15) is 0 Å². The van der Waals surface area contributed by atoms with E-state index in [4.69, 9.17) is 4.74 Å². The molecule has 0 spiro atoms. The van der Waals surface area contributed by atoms with Crippen molar-refractivity contribution in [3.63, 3.8) is 0 Å². The number of hydrogen-bond acceptors (Lipinski definition) is 2. The van der Waals surface area contributed by atoms with Gasteiger partial charge in [0.15, 0.2) is 6.20 Å². The molecule has 0 amide bonds. The summed E-state index contributed by atoms with van der Waals surface area (Å²) in [5.74, 6) is 0.893. The van der Waals surface area contributed by atoms with Crippen molar-refractivity contribution in [3.8, 4) is 5.75 Å². The lowest BCUT2D eigenvalue weighted by molar-refractivity contribution is -0.673. The van der Waals surface area contributed by atoms with E-state index in [-0.39, 0.29) is 0 Å². The number of para-hydroxylation sites is 1. The van der Waals surface area contributed by atoms with Crippen LogP contribution in [-0.2, 0) is 13.0 Å². The number of ether oxygens (including phenoxy) is 1. The molecule has 0 saturated carbocycles. The van der Waals surface area contributed by atoms with Crippen molar-refractivity contribution in [2.45, 2.75) is 35.6 Å². The molecule has 0 fully saturated rings. The fourth-order valence-corrected chi connectivity index (χ4v) is 4.54. The molecule has 2 nitrogen and oxygen atoms in total. The molecule has 0 aliphatic heterocycles. The zero-order valence-electron chi connectivity index (χ0n) is 16.8. The molecule has 0 aliphatic rings. The lowest BCUT2D eigenvalue weighted by Gasteiger charge is -2.07. The number of nitrogens with zero attached hydrogens (tertiary/aromatic N) is 1. The Labute approximate surface area is 177 Å². The first kappa shape index (κ1) is 19.5. The zero-order chi connectivity index (χ0) is 19.9. The van der Waals surface area contributed by atoms with Crippen molar-refractivity contribution in [2.75, 3.05) is 7.11 Å². The van der Waals surface area contributed by atoms with Gasteiger partial charge in [-0.1, -0.05) is 60.3 Å². The van der Waals surface area contributed by atoms with Crippen LogP contribution in [0.5, 0.6) is 5.75 Å². The van der Waals surface area contributed by atoms with Gasteiger partial charge in [0.1, 0.15) is 12.3 Å². The van der Waals surface area contributed by atoms with Gasteiger partial charge < -0.3 is 4.74 Å². The van der Waals surface area contributed by atoms with Gasteiger partial charge in [-0.15, -0.1) is 0 Å². The first-order chi connectivity index (χ1) is 14.3. The lowest BCUT2D eigenvalue weighted by atomic mass is 10.1. The van der Waals surface area contributed by atoms with Gasteiger partial charge in [0.2, 0.25) is 5.52 Å². The van der Waals surface area contributed by atoms with Gasteiger partial charge >= 0.3 is 0 Å². The summed E-state index contributed by atoms with van der Waals surface area (Å²) in [6, 6.07) is 29.9. The molecule has 146 valence electrons. The third-order valence-corrected chi connectivity index (χ3v) is 6.01. The van der Waals surface area contributed by atoms with Gasteiger partial charge in [-0.25, -0.2) is 0 Å². The number of rotatable bonds is 8. The minimum Gasteiger partial charge on any atom is -0.497 e. The average molecular weight is 401 g/mol. The molecule has 3 aromatic carbocycles. The number of benzene rings is 3. The molecule has 0 saturated heterocycles. The molecule has 0 N–H and O–H groups in total. The summed E-state index contributed by atoms with van der Waals surface area (Å²) in [6.45, 7) is 1.03.